The second kappa shape index (κ2) is 9.05. The van der Waals surface area contributed by atoms with Crippen LogP contribution in [0, 0.1) is 0 Å². The van der Waals surface area contributed by atoms with Crippen molar-refractivity contribution in [2.75, 3.05) is 17.2 Å². The molecule has 33 heavy (non-hydrogen) atoms. The van der Waals surface area contributed by atoms with Crippen LogP contribution in [0.3, 0.4) is 0 Å². The molecule has 4 rings (SSSR count). The summed E-state index contributed by atoms with van der Waals surface area (Å²) in [6.45, 7) is 0.874. The number of amides is 2. The summed E-state index contributed by atoms with van der Waals surface area (Å²) in [5.74, 6) is -0.782. The summed E-state index contributed by atoms with van der Waals surface area (Å²) >= 11 is 6.12. The molecule has 10 heteroatoms. The number of hydrogen-bond acceptors (Lipinski definition) is 5. The molecule has 2 N–H and O–H groups in total. The first-order chi connectivity index (χ1) is 15.7. The third kappa shape index (κ3) is 4.89. The number of nitrogens with one attached hydrogen (secondary N) is 2. The Morgan fingerprint density at radius 1 is 0.939 bits per heavy atom. The summed E-state index contributed by atoms with van der Waals surface area (Å²) in [6, 6.07) is 20.0. The van der Waals surface area contributed by atoms with Crippen LogP contribution in [0.25, 0.3) is 0 Å². The van der Waals surface area contributed by atoms with Crippen LogP contribution in [0.15, 0.2) is 82.8 Å². The van der Waals surface area contributed by atoms with Gasteiger partial charge in [0.25, 0.3) is 10.0 Å². The van der Waals surface area contributed by atoms with Gasteiger partial charge in [0.1, 0.15) is 12.3 Å². The topological polar surface area (TPSA) is 108 Å². The van der Waals surface area contributed by atoms with E-state index >= 15 is 0 Å². The van der Waals surface area contributed by atoms with Crippen molar-refractivity contribution in [2.24, 2.45) is 5.10 Å². The van der Waals surface area contributed by atoms with Crippen molar-refractivity contribution in [2.45, 2.75) is 11.8 Å². The molecule has 0 saturated carbocycles. The lowest BCUT2D eigenvalue weighted by atomic mass is 10.0. The lowest BCUT2D eigenvalue weighted by molar-refractivity contribution is -0.116. The van der Waals surface area contributed by atoms with E-state index in [4.69, 9.17) is 11.6 Å². The van der Waals surface area contributed by atoms with Gasteiger partial charge >= 0.3 is 0 Å². The number of halogens is 1. The normalized spacial score (nSPS) is 14.1. The average Bonchev–Trinajstić information content (AvgIpc) is 2.77. The lowest BCUT2D eigenvalue weighted by Crippen LogP contribution is -2.38. The molecule has 0 aromatic heterocycles. The number of nitrogens with zero attached hydrogens (tertiary/aromatic N) is 2. The predicted octanol–water partition coefficient (Wildman–Crippen LogP) is 3.69. The third-order valence-electron chi connectivity index (χ3n) is 4.78. The quantitative estimate of drug-likeness (QED) is 0.578. The second-order valence-electron chi connectivity index (χ2n) is 7.25. The predicted molar refractivity (Wildman–Crippen MR) is 127 cm³/mol. The number of hydrazone groups is 1. The van der Waals surface area contributed by atoms with Gasteiger partial charge < -0.3 is 10.6 Å². The van der Waals surface area contributed by atoms with E-state index in [1.165, 1.54) is 19.1 Å². The zero-order chi connectivity index (χ0) is 23.6. The van der Waals surface area contributed by atoms with Crippen molar-refractivity contribution in [3.63, 3.8) is 0 Å². The van der Waals surface area contributed by atoms with Crippen LogP contribution >= 0.6 is 11.6 Å². The summed E-state index contributed by atoms with van der Waals surface area (Å²) < 4.78 is 27.2. The molecule has 0 unspecified atom stereocenters. The molecular formula is C23H19ClN4O4S. The van der Waals surface area contributed by atoms with E-state index in [0.717, 1.165) is 4.41 Å². The van der Waals surface area contributed by atoms with Crippen LogP contribution in [0.4, 0.5) is 11.4 Å². The van der Waals surface area contributed by atoms with Gasteiger partial charge in [-0.25, -0.2) is 0 Å². The molecule has 8 nitrogen and oxygen atoms in total. The monoisotopic (exact) mass is 482 g/mol. The van der Waals surface area contributed by atoms with E-state index in [1.807, 2.05) is 18.2 Å². The second-order valence-corrected chi connectivity index (χ2v) is 9.50. The van der Waals surface area contributed by atoms with Crippen LogP contribution < -0.4 is 10.6 Å². The highest BCUT2D eigenvalue weighted by atomic mass is 35.5. The zero-order valence-electron chi connectivity index (χ0n) is 17.4. The molecule has 1 aliphatic rings. The Morgan fingerprint density at radius 3 is 2.21 bits per heavy atom. The van der Waals surface area contributed by atoms with Crippen LogP contribution in [0.1, 0.15) is 18.1 Å². The molecule has 1 heterocycles. The van der Waals surface area contributed by atoms with Gasteiger partial charge in [-0.05, 0) is 42.5 Å². The SMILES string of the molecule is CC(=O)Nc1ccc(NC(=O)CN2N=C(c3ccccc3)c3cc(Cl)ccc3S2(=O)=O)cc1. The molecular weight excluding hydrogens is 464 g/mol. The van der Waals surface area contributed by atoms with E-state index in [2.05, 4.69) is 15.7 Å². The van der Waals surface area contributed by atoms with E-state index < -0.39 is 22.5 Å². The fraction of sp³-hybridized carbons (Fsp3) is 0.0870. The third-order valence-corrected chi connectivity index (χ3v) is 6.69. The number of carbonyl (C=O) groups excluding carboxylic acids is 2. The smallest absolute Gasteiger partial charge is 0.280 e. The summed E-state index contributed by atoms with van der Waals surface area (Å²) in [5, 5.41) is 9.96. The van der Waals surface area contributed by atoms with Gasteiger partial charge in [0.15, 0.2) is 0 Å². The number of fused-ring (bicyclic) bond motifs is 1. The Bertz CT molecular complexity index is 1360. The summed E-state index contributed by atoms with van der Waals surface area (Å²) in [6.07, 6.45) is 0. The maximum Gasteiger partial charge on any atom is 0.280 e. The van der Waals surface area contributed by atoms with Crippen LogP contribution in [0.2, 0.25) is 5.02 Å². The van der Waals surface area contributed by atoms with Crippen molar-refractivity contribution in [3.05, 3.63) is 88.9 Å². The molecule has 2 amide bonds. The maximum absolute atomic E-state index is 13.2. The van der Waals surface area contributed by atoms with Gasteiger partial charge in [-0.1, -0.05) is 41.9 Å². The number of carbonyl (C=O) groups is 2. The Balaban J connectivity index is 1.62. The number of sulfonamides is 1. The number of rotatable bonds is 5. The van der Waals surface area contributed by atoms with Gasteiger partial charge in [-0.15, -0.1) is 0 Å². The standard InChI is InChI=1S/C23H19ClN4O4S/c1-15(29)25-18-8-10-19(11-9-18)26-22(30)14-28-27-23(16-5-3-2-4-6-16)20-13-17(24)7-12-21(20)33(28,31)32/h2-13H,14H2,1H3,(H,25,29)(H,26,30). The van der Waals surface area contributed by atoms with E-state index in [0.29, 0.717) is 33.2 Å². The minimum Gasteiger partial charge on any atom is -0.326 e. The molecule has 0 radical (unpaired) electrons. The van der Waals surface area contributed by atoms with E-state index in [9.17, 15) is 18.0 Å². The molecule has 0 spiro atoms. The highest BCUT2D eigenvalue weighted by Gasteiger charge is 2.34. The van der Waals surface area contributed by atoms with Gasteiger partial charge in [-0.3, -0.25) is 9.59 Å². The van der Waals surface area contributed by atoms with Gasteiger partial charge in [0, 0.05) is 34.4 Å². The molecule has 0 bridgehead atoms. The summed E-state index contributed by atoms with van der Waals surface area (Å²) in [7, 11) is -4.07. The molecule has 0 atom stereocenters. The Morgan fingerprint density at radius 2 is 1.58 bits per heavy atom. The van der Waals surface area contributed by atoms with Gasteiger partial charge in [-0.2, -0.15) is 17.9 Å². The lowest BCUT2D eigenvalue weighted by Gasteiger charge is -2.27. The minimum absolute atomic E-state index is 0.0215. The molecule has 0 fully saturated rings. The molecule has 3 aromatic carbocycles. The van der Waals surface area contributed by atoms with Crippen molar-refractivity contribution >= 4 is 50.5 Å². The van der Waals surface area contributed by atoms with E-state index in [-0.39, 0.29) is 10.8 Å². The Labute approximate surface area is 195 Å². The fourth-order valence-corrected chi connectivity index (χ4v) is 4.89. The van der Waals surface area contributed by atoms with Crippen LogP contribution in [-0.4, -0.2) is 36.9 Å². The molecule has 168 valence electrons. The van der Waals surface area contributed by atoms with Gasteiger partial charge in [0.2, 0.25) is 11.8 Å². The first-order valence-corrected chi connectivity index (χ1v) is 11.7. The average molecular weight is 483 g/mol. The van der Waals surface area contributed by atoms with Crippen LogP contribution in [-0.2, 0) is 19.6 Å². The number of hydrogen-bond donors (Lipinski definition) is 2. The number of benzene rings is 3. The first-order valence-electron chi connectivity index (χ1n) is 9.88. The van der Waals surface area contributed by atoms with Crippen molar-refractivity contribution in [1.82, 2.24) is 4.41 Å². The largest absolute Gasteiger partial charge is 0.326 e. The Kier molecular flexibility index (Phi) is 6.17. The zero-order valence-corrected chi connectivity index (χ0v) is 19.0. The van der Waals surface area contributed by atoms with Crippen molar-refractivity contribution in [3.8, 4) is 0 Å². The van der Waals surface area contributed by atoms with E-state index in [1.54, 1.807) is 42.5 Å². The molecule has 3 aromatic rings. The van der Waals surface area contributed by atoms with Gasteiger partial charge in [0.05, 0.1) is 4.90 Å². The fourth-order valence-electron chi connectivity index (χ4n) is 3.34. The Hall–Kier alpha value is -3.69. The molecule has 0 aliphatic carbocycles. The van der Waals surface area contributed by atoms with Crippen molar-refractivity contribution < 1.29 is 18.0 Å². The first kappa shape index (κ1) is 22.5. The summed E-state index contributed by atoms with van der Waals surface area (Å²) in [4.78, 5) is 23.8. The highest BCUT2D eigenvalue weighted by Crippen LogP contribution is 2.31. The molecule has 0 saturated heterocycles. The minimum atomic E-state index is -4.07. The highest BCUT2D eigenvalue weighted by molar-refractivity contribution is 7.89. The van der Waals surface area contributed by atoms with Crippen LogP contribution in [0.5, 0.6) is 0 Å². The summed E-state index contributed by atoms with van der Waals surface area (Å²) in [5.41, 5.74) is 2.48. The molecule has 1 aliphatic heterocycles. The van der Waals surface area contributed by atoms with Crippen molar-refractivity contribution in [1.29, 1.82) is 0 Å². The maximum atomic E-state index is 13.2. The number of anilines is 2.